The van der Waals surface area contributed by atoms with Crippen LogP contribution in [-0.2, 0) is 4.74 Å². The van der Waals surface area contributed by atoms with Gasteiger partial charge in [-0.15, -0.1) is 0 Å². The molecule has 0 aromatic carbocycles. The van der Waals surface area contributed by atoms with Crippen molar-refractivity contribution in [2.45, 2.75) is 96.2 Å². The summed E-state index contributed by atoms with van der Waals surface area (Å²) < 4.78 is 6.47. The van der Waals surface area contributed by atoms with Gasteiger partial charge >= 0.3 is 0 Å². The van der Waals surface area contributed by atoms with Gasteiger partial charge in [0.25, 0.3) is 0 Å². The average Bonchev–Trinajstić information content (AvgIpc) is 3.15. The molecule has 4 saturated carbocycles. The zero-order chi connectivity index (χ0) is 16.6. The van der Waals surface area contributed by atoms with Crippen molar-refractivity contribution in [3.63, 3.8) is 0 Å². The third-order valence-corrected chi connectivity index (χ3v) is 10.0. The molecule has 24 heavy (non-hydrogen) atoms. The van der Waals surface area contributed by atoms with Crippen LogP contribution in [0.2, 0.25) is 0 Å². The fourth-order valence-electron chi connectivity index (χ4n) is 8.67. The molecular weight excluding hydrogens is 296 g/mol. The van der Waals surface area contributed by atoms with E-state index in [1.165, 1.54) is 57.8 Å². The Morgan fingerprint density at radius 1 is 0.875 bits per heavy atom. The van der Waals surface area contributed by atoms with E-state index in [2.05, 4.69) is 13.8 Å². The largest absolute Gasteiger partial charge is 0.393 e. The van der Waals surface area contributed by atoms with Crippen LogP contribution in [0, 0.1) is 34.5 Å². The molecule has 1 aliphatic heterocycles. The minimum atomic E-state index is -0.0184. The van der Waals surface area contributed by atoms with E-state index < -0.39 is 0 Å². The van der Waals surface area contributed by atoms with Crippen LogP contribution in [0.1, 0.15) is 84.5 Å². The second-order valence-corrected chi connectivity index (χ2v) is 10.5. The van der Waals surface area contributed by atoms with Crippen molar-refractivity contribution in [3.05, 3.63) is 0 Å². The van der Waals surface area contributed by atoms with E-state index in [9.17, 15) is 5.11 Å². The first-order valence-corrected chi connectivity index (χ1v) is 10.8. The number of rotatable bonds is 0. The lowest BCUT2D eigenvalue weighted by Crippen LogP contribution is -2.56. The van der Waals surface area contributed by atoms with Gasteiger partial charge in [0.15, 0.2) is 0 Å². The van der Waals surface area contributed by atoms with Gasteiger partial charge in [0.05, 0.1) is 11.7 Å². The maximum atomic E-state index is 10.2. The number of aliphatic hydroxyl groups is 1. The van der Waals surface area contributed by atoms with Crippen molar-refractivity contribution in [1.82, 2.24) is 0 Å². The quantitative estimate of drug-likeness (QED) is 0.681. The first-order valence-electron chi connectivity index (χ1n) is 10.8. The van der Waals surface area contributed by atoms with Gasteiger partial charge in [0, 0.05) is 6.61 Å². The summed E-state index contributed by atoms with van der Waals surface area (Å²) in [6, 6.07) is 0. The van der Waals surface area contributed by atoms with Crippen LogP contribution < -0.4 is 0 Å². The molecular formula is C22H36O2. The maximum absolute atomic E-state index is 10.2. The molecule has 8 unspecified atom stereocenters. The van der Waals surface area contributed by atoms with Crippen molar-refractivity contribution in [1.29, 1.82) is 0 Å². The van der Waals surface area contributed by atoms with Gasteiger partial charge in [-0.3, -0.25) is 0 Å². The highest BCUT2D eigenvalue weighted by Gasteiger charge is 2.65. The van der Waals surface area contributed by atoms with E-state index in [0.717, 1.165) is 43.1 Å². The normalized spacial score (nSPS) is 59.9. The highest BCUT2D eigenvalue weighted by molar-refractivity contribution is 5.15. The van der Waals surface area contributed by atoms with Crippen molar-refractivity contribution in [3.8, 4) is 0 Å². The summed E-state index contributed by atoms with van der Waals surface area (Å²) in [4.78, 5) is 0. The predicted octanol–water partition coefficient (Wildman–Crippen LogP) is 4.94. The first kappa shape index (κ1) is 16.1. The molecule has 1 N–H and O–H groups in total. The topological polar surface area (TPSA) is 29.5 Å². The zero-order valence-corrected chi connectivity index (χ0v) is 15.7. The van der Waals surface area contributed by atoms with Crippen LogP contribution in [-0.4, -0.2) is 23.4 Å². The Kier molecular flexibility index (Phi) is 3.51. The van der Waals surface area contributed by atoms with E-state index in [1.807, 2.05) is 0 Å². The number of ether oxygens (including phenoxy) is 1. The standard InChI is InChI=1S/C22H36O2/c1-20-10-6-16(23)14-15(20)4-5-17-18(20)7-11-21(2)19(17)8-12-22(21)9-3-13-24-22/h15-19,23H,3-14H2,1-2H3. The SMILES string of the molecule is CC12CCC(O)CC1CCC1C2CCC2(C)C1CCC21CCCO1. The second-order valence-electron chi connectivity index (χ2n) is 10.5. The summed E-state index contributed by atoms with van der Waals surface area (Å²) in [5, 5.41) is 10.2. The number of hydrogen-bond donors (Lipinski definition) is 1. The fourth-order valence-corrected chi connectivity index (χ4v) is 8.67. The van der Waals surface area contributed by atoms with Crippen LogP contribution >= 0.6 is 0 Å². The van der Waals surface area contributed by atoms with Crippen LogP contribution in [0.3, 0.4) is 0 Å². The molecule has 5 fully saturated rings. The summed E-state index contributed by atoms with van der Waals surface area (Å²) in [7, 11) is 0. The molecule has 2 nitrogen and oxygen atoms in total. The Labute approximate surface area is 147 Å². The third-order valence-electron chi connectivity index (χ3n) is 10.0. The zero-order valence-electron chi connectivity index (χ0n) is 15.7. The van der Waals surface area contributed by atoms with E-state index >= 15 is 0 Å². The average molecular weight is 333 g/mol. The highest BCUT2D eigenvalue weighted by atomic mass is 16.5. The Bertz CT molecular complexity index is 510. The van der Waals surface area contributed by atoms with Gasteiger partial charge in [-0.05, 0) is 105 Å². The van der Waals surface area contributed by atoms with E-state index in [0.29, 0.717) is 10.8 Å². The molecule has 0 radical (unpaired) electrons. The molecule has 5 rings (SSSR count). The van der Waals surface area contributed by atoms with E-state index in [-0.39, 0.29) is 11.7 Å². The summed E-state index contributed by atoms with van der Waals surface area (Å²) in [6.45, 7) is 6.21. The Balaban J connectivity index is 1.45. The lowest BCUT2D eigenvalue weighted by Gasteiger charge is -2.61. The predicted molar refractivity (Wildman–Crippen MR) is 95.7 cm³/mol. The lowest BCUT2D eigenvalue weighted by molar-refractivity contribution is -0.162. The maximum Gasteiger partial charge on any atom is 0.0739 e. The van der Waals surface area contributed by atoms with Gasteiger partial charge in [-0.25, -0.2) is 0 Å². The minimum absolute atomic E-state index is 0.0184. The molecule has 1 saturated heterocycles. The molecule has 136 valence electrons. The molecule has 1 heterocycles. The van der Waals surface area contributed by atoms with Crippen molar-refractivity contribution >= 4 is 0 Å². The summed E-state index contributed by atoms with van der Waals surface area (Å²) in [5.74, 6) is 3.53. The second kappa shape index (κ2) is 5.22. The molecule has 0 bridgehead atoms. The van der Waals surface area contributed by atoms with Crippen LogP contribution in [0.4, 0.5) is 0 Å². The van der Waals surface area contributed by atoms with Crippen molar-refractivity contribution in [2.75, 3.05) is 6.61 Å². The van der Waals surface area contributed by atoms with Gasteiger partial charge in [-0.2, -0.15) is 0 Å². The van der Waals surface area contributed by atoms with Crippen LogP contribution in [0.5, 0.6) is 0 Å². The van der Waals surface area contributed by atoms with Crippen molar-refractivity contribution in [2.24, 2.45) is 34.5 Å². The van der Waals surface area contributed by atoms with E-state index in [4.69, 9.17) is 4.74 Å². The minimum Gasteiger partial charge on any atom is -0.393 e. The first-order chi connectivity index (χ1) is 11.5. The Morgan fingerprint density at radius 3 is 2.50 bits per heavy atom. The molecule has 2 heteroatoms. The molecule has 0 aromatic heterocycles. The summed E-state index contributed by atoms with van der Waals surface area (Å²) in [5.41, 5.74) is 1.20. The summed E-state index contributed by atoms with van der Waals surface area (Å²) in [6.07, 6.45) is 14.3. The smallest absolute Gasteiger partial charge is 0.0739 e. The molecule has 5 aliphatic rings. The Morgan fingerprint density at radius 2 is 1.71 bits per heavy atom. The molecule has 0 amide bonds. The highest BCUT2D eigenvalue weighted by Crippen LogP contribution is 2.70. The third kappa shape index (κ3) is 1.91. The fraction of sp³-hybridized carbons (Fsp3) is 1.00. The van der Waals surface area contributed by atoms with Gasteiger partial charge in [0.1, 0.15) is 0 Å². The molecule has 0 aromatic rings. The van der Waals surface area contributed by atoms with Gasteiger partial charge in [0.2, 0.25) is 0 Å². The summed E-state index contributed by atoms with van der Waals surface area (Å²) >= 11 is 0. The van der Waals surface area contributed by atoms with Gasteiger partial charge < -0.3 is 9.84 Å². The number of fused-ring (bicyclic) bond motifs is 6. The van der Waals surface area contributed by atoms with Crippen LogP contribution in [0.25, 0.3) is 0 Å². The molecule has 4 aliphatic carbocycles. The molecule has 1 spiro atoms. The van der Waals surface area contributed by atoms with Gasteiger partial charge in [-0.1, -0.05) is 13.8 Å². The molecule has 8 atom stereocenters. The number of aliphatic hydroxyl groups excluding tert-OH is 1. The van der Waals surface area contributed by atoms with Crippen molar-refractivity contribution < 1.29 is 9.84 Å². The number of hydrogen-bond acceptors (Lipinski definition) is 2. The Hall–Kier alpha value is -0.0800. The monoisotopic (exact) mass is 332 g/mol. The lowest BCUT2D eigenvalue weighted by atomic mass is 9.44. The van der Waals surface area contributed by atoms with E-state index in [1.54, 1.807) is 0 Å². The van der Waals surface area contributed by atoms with Crippen LogP contribution in [0.15, 0.2) is 0 Å².